The number of hydrogen-bond donors (Lipinski definition) is 2. The molecule has 0 radical (unpaired) electrons. The molecule has 0 amide bonds. The summed E-state index contributed by atoms with van der Waals surface area (Å²) in [6, 6.07) is 24.0. The van der Waals surface area contributed by atoms with E-state index in [2.05, 4.69) is 30.6 Å². The van der Waals surface area contributed by atoms with Crippen molar-refractivity contribution in [2.45, 2.75) is 17.6 Å². The number of nitrogens with zero attached hydrogens (tertiary/aromatic N) is 4. The van der Waals surface area contributed by atoms with Gasteiger partial charge in [-0.1, -0.05) is 24.3 Å². The number of hydrogen-bond acceptors (Lipinski definition) is 10. The second-order valence-electron chi connectivity index (χ2n) is 13.9. The molecule has 0 spiro atoms. The molecule has 0 aliphatic carbocycles. The number of halogens is 4. The Hall–Kier alpha value is -5.56. The largest absolute Gasteiger partial charge is 0.497 e. The number of furan rings is 2. The van der Waals surface area contributed by atoms with E-state index < -0.39 is 33.7 Å². The number of fused-ring (bicyclic) bond motifs is 2. The van der Waals surface area contributed by atoms with Gasteiger partial charge in [-0.3, -0.25) is 4.90 Å². The molecule has 2 N–H and O–H groups in total. The van der Waals surface area contributed by atoms with Gasteiger partial charge in [0.2, 0.25) is 21.5 Å². The lowest BCUT2D eigenvalue weighted by Gasteiger charge is -2.36. The minimum Gasteiger partial charge on any atom is -0.497 e. The van der Waals surface area contributed by atoms with Crippen molar-refractivity contribution in [3.63, 3.8) is 0 Å². The van der Waals surface area contributed by atoms with Crippen LogP contribution in [0.25, 0.3) is 21.9 Å². The standard InChI is InChI=1S/C21H18BrF3N2O3.C20H20N2O6S/c22-19-15-11-18(20(28)29)30-17(15)5-4-16(19)27-8-6-26(7-9-27)12-13-2-1-3-14(10-13)21(23,24)25;1-27-16-3-2-4-17(13-16)29(25,26)22-9-7-21(8-10-22)15-5-6-18-14(11-15)12-19(28-18)20(23)24/h1-5,10-11H,6-9,12H2,(H,28,29);2-6,11-13H,7-10H2,1H3,(H,23,24). The normalized spacial score (nSPS) is 15.6. The van der Waals surface area contributed by atoms with Crippen molar-refractivity contribution in [3.8, 4) is 5.75 Å². The predicted octanol–water partition coefficient (Wildman–Crippen LogP) is 7.89. The number of methoxy groups -OCH3 is 1. The summed E-state index contributed by atoms with van der Waals surface area (Å²) in [7, 11) is -2.09. The van der Waals surface area contributed by atoms with Crippen LogP contribution >= 0.6 is 15.9 Å². The Bertz CT molecular complexity index is 2620. The van der Waals surface area contributed by atoms with Gasteiger partial charge in [-0.05, 0) is 76.1 Å². The summed E-state index contributed by atoms with van der Waals surface area (Å²) in [5, 5.41) is 19.6. The predicted molar refractivity (Wildman–Crippen MR) is 217 cm³/mol. The molecule has 6 aromatic rings. The van der Waals surface area contributed by atoms with Gasteiger partial charge in [0.05, 0.1) is 27.7 Å². The Morgan fingerprint density at radius 2 is 1.41 bits per heavy atom. The highest BCUT2D eigenvalue weighted by molar-refractivity contribution is 9.10. The van der Waals surface area contributed by atoms with Crippen LogP contribution in [-0.4, -0.2) is 99.2 Å². The van der Waals surface area contributed by atoms with Crippen LogP contribution < -0.4 is 14.5 Å². The first-order valence-electron chi connectivity index (χ1n) is 18.4. The number of aromatic carboxylic acids is 2. The van der Waals surface area contributed by atoms with Gasteiger partial charge in [0.15, 0.2) is 0 Å². The fourth-order valence-electron chi connectivity index (χ4n) is 7.10. The Kier molecular flexibility index (Phi) is 12.0. The van der Waals surface area contributed by atoms with E-state index >= 15 is 0 Å². The lowest BCUT2D eigenvalue weighted by atomic mass is 10.1. The molecule has 0 saturated carbocycles. The second kappa shape index (κ2) is 17.0. The first kappa shape index (κ1) is 41.6. The maximum atomic E-state index is 12.9. The number of sulfonamides is 1. The molecule has 310 valence electrons. The Morgan fingerprint density at radius 1 is 0.763 bits per heavy atom. The second-order valence-corrected chi connectivity index (χ2v) is 16.6. The van der Waals surface area contributed by atoms with Crippen molar-refractivity contribution >= 4 is 71.2 Å². The van der Waals surface area contributed by atoms with Crippen LogP contribution in [0.5, 0.6) is 5.75 Å². The topological polar surface area (TPSA) is 157 Å². The van der Waals surface area contributed by atoms with Crippen LogP contribution in [0.15, 0.2) is 109 Å². The number of carbonyl (C=O) groups is 2. The third-order valence-corrected chi connectivity index (χ3v) is 12.9. The summed E-state index contributed by atoms with van der Waals surface area (Å²) in [6.07, 6.45) is -4.34. The number of alkyl halides is 3. The lowest BCUT2D eigenvalue weighted by molar-refractivity contribution is -0.137. The van der Waals surface area contributed by atoms with Gasteiger partial charge in [-0.15, -0.1) is 0 Å². The monoisotopic (exact) mass is 898 g/mol. The molecule has 2 aliphatic heterocycles. The zero-order chi connectivity index (χ0) is 42.1. The van der Waals surface area contributed by atoms with E-state index in [9.17, 15) is 31.2 Å². The van der Waals surface area contributed by atoms with Crippen molar-refractivity contribution in [3.05, 3.63) is 118 Å². The van der Waals surface area contributed by atoms with E-state index in [-0.39, 0.29) is 16.4 Å². The van der Waals surface area contributed by atoms with Gasteiger partial charge in [-0.2, -0.15) is 17.5 Å². The molecule has 4 heterocycles. The zero-order valence-electron chi connectivity index (χ0n) is 31.5. The van der Waals surface area contributed by atoms with Crippen molar-refractivity contribution in [1.82, 2.24) is 9.21 Å². The quantitative estimate of drug-likeness (QED) is 0.145. The minimum atomic E-state index is -4.34. The number of anilines is 2. The number of carboxylic acid groups (broad SMARTS) is 2. The molecule has 18 heteroatoms. The molecular formula is C41H38BrF3N4O9S. The fourth-order valence-corrected chi connectivity index (χ4v) is 9.25. The van der Waals surface area contributed by atoms with Gasteiger partial charge < -0.3 is 33.6 Å². The summed E-state index contributed by atoms with van der Waals surface area (Å²) in [5.41, 5.74) is 2.83. The maximum absolute atomic E-state index is 12.9. The number of piperazine rings is 2. The molecule has 8 rings (SSSR count). The van der Waals surface area contributed by atoms with Gasteiger partial charge in [0.1, 0.15) is 16.9 Å². The molecule has 2 fully saturated rings. The van der Waals surface area contributed by atoms with Gasteiger partial charge in [0.25, 0.3) is 0 Å². The molecule has 59 heavy (non-hydrogen) atoms. The molecular weight excluding hydrogens is 861 g/mol. The van der Waals surface area contributed by atoms with Crippen LogP contribution in [0.3, 0.4) is 0 Å². The van der Waals surface area contributed by atoms with Crippen molar-refractivity contribution in [2.24, 2.45) is 0 Å². The summed E-state index contributed by atoms with van der Waals surface area (Å²) in [5.74, 6) is -1.96. The first-order valence-corrected chi connectivity index (χ1v) is 20.6. The number of ether oxygens (including phenoxy) is 1. The van der Waals surface area contributed by atoms with E-state index in [1.165, 1.54) is 41.7 Å². The van der Waals surface area contributed by atoms with E-state index in [4.69, 9.17) is 23.8 Å². The summed E-state index contributed by atoms with van der Waals surface area (Å²) >= 11 is 3.56. The summed E-state index contributed by atoms with van der Waals surface area (Å²) < 4.78 is 82.6. The molecule has 0 unspecified atom stereocenters. The van der Waals surface area contributed by atoms with Gasteiger partial charge in [-0.25, -0.2) is 18.0 Å². The van der Waals surface area contributed by atoms with Gasteiger partial charge >= 0.3 is 18.1 Å². The van der Waals surface area contributed by atoms with Crippen LogP contribution in [0.4, 0.5) is 24.5 Å². The van der Waals surface area contributed by atoms with E-state index in [0.29, 0.717) is 92.2 Å². The third kappa shape index (κ3) is 9.20. The molecule has 2 aromatic heterocycles. The molecule has 0 bridgehead atoms. The SMILES string of the molecule is COc1cccc(S(=O)(=O)N2CCN(c3ccc4oc(C(=O)O)cc4c3)CC2)c1.O=C(O)c1cc2c(Br)c(N3CCN(Cc4cccc(C(F)(F)F)c4)CC3)ccc2o1. The van der Waals surface area contributed by atoms with Crippen LogP contribution in [0, 0.1) is 0 Å². The van der Waals surface area contributed by atoms with Crippen LogP contribution in [-0.2, 0) is 22.7 Å². The Morgan fingerprint density at radius 3 is 2.08 bits per heavy atom. The Labute approximate surface area is 344 Å². The Balaban J connectivity index is 0.000000179. The molecule has 2 aliphatic rings. The number of rotatable bonds is 9. The maximum Gasteiger partial charge on any atom is 0.416 e. The van der Waals surface area contributed by atoms with E-state index in [0.717, 1.165) is 21.9 Å². The van der Waals surface area contributed by atoms with Crippen LogP contribution in [0.2, 0.25) is 0 Å². The highest BCUT2D eigenvalue weighted by Crippen LogP contribution is 2.37. The van der Waals surface area contributed by atoms with Crippen molar-refractivity contribution in [2.75, 3.05) is 69.3 Å². The molecule has 13 nitrogen and oxygen atoms in total. The van der Waals surface area contributed by atoms with E-state index in [1.54, 1.807) is 36.4 Å². The molecule has 4 aromatic carbocycles. The first-order chi connectivity index (χ1) is 28.1. The fraction of sp³-hybridized carbons (Fsp3) is 0.268. The van der Waals surface area contributed by atoms with Gasteiger partial charge in [0, 0.05) is 87.5 Å². The summed E-state index contributed by atoms with van der Waals surface area (Å²) in [4.78, 5) is 28.8. The van der Waals surface area contributed by atoms with Crippen LogP contribution in [0.1, 0.15) is 32.2 Å². The number of benzene rings is 4. The highest BCUT2D eigenvalue weighted by atomic mass is 79.9. The van der Waals surface area contributed by atoms with Crippen molar-refractivity contribution < 1.29 is 55.0 Å². The smallest absolute Gasteiger partial charge is 0.416 e. The molecule has 2 saturated heterocycles. The summed E-state index contributed by atoms with van der Waals surface area (Å²) in [6.45, 7) is 5.02. The van der Waals surface area contributed by atoms with Crippen molar-refractivity contribution in [1.29, 1.82) is 0 Å². The highest BCUT2D eigenvalue weighted by Gasteiger charge is 2.31. The zero-order valence-corrected chi connectivity index (χ0v) is 33.9. The van der Waals surface area contributed by atoms with E-state index in [1.807, 2.05) is 18.2 Å². The third-order valence-electron chi connectivity index (χ3n) is 10.2. The minimum absolute atomic E-state index is 0.105. The molecule has 0 atom stereocenters. The number of carboxylic acids is 2. The average Bonchev–Trinajstić information content (AvgIpc) is 3.88. The lowest BCUT2D eigenvalue weighted by Crippen LogP contribution is -2.48. The average molecular weight is 900 g/mol.